The lowest BCUT2D eigenvalue weighted by atomic mass is 10.1. The molecule has 2 aromatic rings. The molecule has 0 bridgehead atoms. The van der Waals surface area contributed by atoms with Crippen LogP contribution >= 0.6 is 27.5 Å². The third-order valence-corrected chi connectivity index (χ3v) is 3.64. The Bertz CT molecular complexity index is 479. The third kappa shape index (κ3) is 2.41. The molecule has 0 aliphatic carbocycles. The lowest BCUT2D eigenvalue weighted by molar-refractivity contribution is 0.480. The maximum atomic E-state index is 4.38. The molecule has 0 radical (unpaired) electrons. The molecule has 1 unspecified atom stereocenters. The SMILES string of the molecule is CNC(c1csnn1)c1c(Br)cnn1C(C)C. The number of hydrogen-bond donors (Lipinski definition) is 1. The minimum Gasteiger partial charge on any atom is -0.307 e. The van der Waals surface area contributed by atoms with E-state index in [9.17, 15) is 0 Å². The first-order valence-corrected chi connectivity index (χ1v) is 6.95. The fourth-order valence-corrected chi connectivity index (χ4v) is 2.74. The Morgan fingerprint density at radius 3 is 2.76 bits per heavy atom. The van der Waals surface area contributed by atoms with Gasteiger partial charge in [0.2, 0.25) is 0 Å². The van der Waals surface area contributed by atoms with Crippen LogP contribution in [0.5, 0.6) is 0 Å². The molecule has 5 nitrogen and oxygen atoms in total. The van der Waals surface area contributed by atoms with Crippen LogP contribution in [0.4, 0.5) is 0 Å². The summed E-state index contributed by atoms with van der Waals surface area (Å²) >= 11 is 4.90. The quantitative estimate of drug-likeness (QED) is 0.941. The Morgan fingerprint density at radius 2 is 2.24 bits per heavy atom. The molecule has 0 saturated heterocycles. The van der Waals surface area contributed by atoms with Crippen LogP contribution in [0.1, 0.15) is 37.3 Å². The molecule has 2 heterocycles. The molecule has 0 saturated carbocycles. The van der Waals surface area contributed by atoms with Crippen LogP contribution in [-0.4, -0.2) is 26.4 Å². The standard InChI is InChI=1S/C10H14BrN5S/c1-6(2)16-10(7(11)4-13-16)9(12-3)8-5-17-15-14-8/h4-6,9,12H,1-3H3. The van der Waals surface area contributed by atoms with Gasteiger partial charge in [0, 0.05) is 11.4 Å². The number of nitrogens with zero attached hydrogens (tertiary/aromatic N) is 4. The summed E-state index contributed by atoms with van der Waals surface area (Å²) in [5.41, 5.74) is 2.00. The second-order valence-corrected chi connectivity index (χ2v) is 5.43. The summed E-state index contributed by atoms with van der Waals surface area (Å²) in [6, 6.07) is 0.312. The highest BCUT2D eigenvalue weighted by molar-refractivity contribution is 9.10. The Balaban J connectivity index is 2.47. The van der Waals surface area contributed by atoms with Gasteiger partial charge in [-0.2, -0.15) is 5.10 Å². The summed E-state index contributed by atoms with van der Waals surface area (Å²) in [4.78, 5) is 0. The van der Waals surface area contributed by atoms with Crippen molar-refractivity contribution in [1.29, 1.82) is 0 Å². The molecule has 17 heavy (non-hydrogen) atoms. The molecule has 0 amide bonds. The van der Waals surface area contributed by atoms with E-state index in [1.807, 2.05) is 23.3 Å². The maximum absolute atomic E-state index is 4.38. The molecule has 2 rings (SSSR count). The second-order valence-electron chi connectivity index (χ2n) is 3.97. The van der Waals surface area contributed by atoms with Crippen molar-refractivity contribution in [3.63, 3.8) is 0 Å². The summed E-state index contributed by atoms with van der Waals surface area (Å²) in [6.07, 6.45) is 1.82. The molecule has 0 fully saturated rings. The van der Waals surface area contributed by atoms with E-state index in [1.54, 1.807) is 0 Å². The Kier molecular flexibility index (Phi) is 3.90. The van der Waals surface area contributed by atoms with Gasteiger partial charge in [-0.3, -0.25) is 4.68 Å². The lowest BCUT2D eigenvalue weighted by Crippen LogP contribution is -2.23. The van der Waals surface area contributed by atoms with Gasteiger partial charge in [-0.1, -0.05) is 4.49 Å². The van der Waals surface area contributed by atoms with Crippen molar-refractivity contribution in [2.75, 3.05) is 7.05 Å². The van der Waals surface area contributed by atoms with E-state index in [2.05, 4.69) is 49.8 Å². The van der Waals surface area contributed by atoms with Crippen LogP contribution in [0.2, 0.25) is 0 Å². The highest BCUT2D eigenvalue weighted by atomic mass is 79.9. The normalized spacial score (nSPS) is 13.2. The highest BCUT2D eigenvalue weighted by Crippen LogP contribution is 2.29. The smallest absolute Gasteiger partial charge is 0.0986 e. The largest absolute Gasteiger partial charge is 0.307 e. The van der Waals surface area contributed by atoms with E-state index < -0.39 is 0 Å². The van der Waals surface area contributed by atoms with Gasteiger partial charge in [0.1, 0.15) is 0 Å². The van der Waals surface area contributed by atoms with Crippen molar-refractivity contribution in [2.45, 2.75) is 25.9 Å². The van der Waals surface area contributed by atoms with E-state index in [0.29, 0.717) is 6.04 Å². The molecule has 1 N–H and O–H groups in total. The molecular formula is C10H14BrN5S. The van der Waals surface area contributed by atoms with Crippen molar-refractivity contribution in [2.24, 2.45) is 0 Å². The van der Waals surface area contributed by atoms with E-state index in [1.165, 1.54) is 11.5 Å². The summed E-state index contributed by atoms with van der Waals surface area (Å²) in [6.45, 7) is 4.21. The number of rotatable bonds is 4. The minimum atomic E-state index is 0.00743. The van der Waals surface area contributed by atoms with Crippen LogP contribution in [0.25, 0.3) is 0 Å². The first kappa shape index (κ1) is 12.7. The zero-order valence-electron chi connectivity index (χ0n) is 9.88. The van der Waals surface area contributed by atoms with E-state index in [4.69, 9.17) is 0 Å². The van der Waals surface area contributed by atoms with Gasteiger partial charge in [0.05, 0.1) is 28.1 Å². The van der Waals surface area contributed by atoms with Crippen molar-refractivity contribution in [3.05, 3.63) is 27.4 Å². The predicted octanol–water partition coefficient (Wildman–Crippen LogP) is 2.39. The van der Waals surface area contributed by atoms with Crippen LogP contribution in [0, 0.1) is 0 Å². The average molecular weight is 316 g/mol. The topological polar surface area (TPSA) is 55.6 Å². The van der Waals surface area contributed by atoms with E-state index in [0.717, 1.165) is 15.9 Å². The number of nitrogens with one attached hydrogen (secondary N) is 1. The summed E-state index contributed by atoms with van der Waals surface area (Å²) in [5.74, 6) is 0. The molecule has 0 aliphatic heterocycles. The Morgan fingerprint density at radius 1 is 1.47 bits per heavy atom. The second kappa shape index (κ2) is 5.24. The molecule has 2 aromatic heterocycles. The van der Waals surface area contributed by atoms with Crippen LogP contribution < -0.4 is 5.32 Å². The molecular weight excluding hydrogens is 302 g/mol. The van der Waals surface area contributed by atoms with Gasteiger partial charge in [0.15, 0.2) is 0 Å². The fraction of sp³-hybridized carbons (Fsp3) is 0.500. The Labute approximate surface area is 113 Å². The molecule has 1 atom stereocenters. The van der Waals surface area contributed by atoms with Gasteiger partial charge in [-0.15, -0.1) is 5.10 Å². The summed E-state index contributed by atoms with van der Waals surface area (Å²) < 4.78 is 6.89. The van der Waals surface area contributed by atoms with Crippen molar-refractivity contribution in [3.8, 4) is 0 Å². The van der Waals surface area contributed by atoms with Gasteiger partial charge >= 0.3 is 0 Å². The molecule has 0 spiro atoms. The van der Waals surface area contributed by atoms with Gasteiger partial charge in [-0.05, 0) is 48.4 Å². The van der Waals surface area contributed by atoms with Gasteiger partial charge < -0.3 is 5.32 Å². The lowest BCUT2D eigenvalue weighted by Gasteiger charge is -2.18. The van der Waals surface area contributed by atoms with Gasteiger partial charge in [-0.25, -0.2) is 0 Å². The number of aromatic nitrogens is 4. The monoisotopic (exact) mass is 315 g/mol. The van der Waals surface area contributed by atoms with E-state index in [-0.39, 0.29) is 6.04 Å². The fourth-order valence-electron chi connectivity index (χ4n) is 1.75. The zero-order valence-corrected chi connectivity index (χ0v) is 12.3. The summed E-state index contributed by atoms with van der Waals surface area (Å²) in [7, 11) is 1.91. The maximum Gasteiger partial charge on any atom is 0.0986 e. The van der Waals surface area contributed by atoms with Crippen LogP contribution in [0.15, 0.2) is 16.0 Å². The van der Waals surface area contributed by atoms with Crippen LogP contribution in [0.3, 0.4) is 0 Å². The number of hydrogen-bond acceptors (Lipinski definition) is 5. The Hall–Kier alpha value is -0.790. The van der Waals surface area contributed by atoms with Crippen molar-refractivity contribution >= 4 is 27.5 Å². The highest BCUT2D eigenvalue weighted by Gasteiger charge is 2.23. The molecule has 92 valence electrons. The molecule has 7 heteroatoms. The van der Waals surface area contributed by atoms with E-state index >= 15 is 0 Å². The van der Waals surface area contributed by atoms with Crippen LogP contribution in [-0.2, 0) is 0 Å². The third-order valence-electron chi connectivity index (χ3n) is 2.51. The molecule has 0 aromatic carbocycles. The molecule has 0 aliphatic rings. The summed E-state index contributed by atoms with van der Waals surface area (Å²) in [5, 5.41) is 13.7. The van der Waals surface area contributed by atoms with Crippen molar-refractivity contribution < 1.29 is 0 Å². The first-order valence-electron chi connectivity index (χ1n) is 5.32. The van der Waals surface area contributed by atoms with Gasteiger partial charge in [0.25, 0.3) is 0 Å². The minimum absolute atomic E-state index is 0.00743. The average Bonchev–Trinajstić information content (AvgIpc) is 2.91. The number of halogens is 1. The zero-order chi connectivity index (χ0) is 12.4. The van der Waals surface area contributed by atoms with Crippen molar-refractivity contribution in [1.82, 2.24) is 24.7 Å². The first-order chi connectivity index (χ1) is 8.15. The predicted molar refractivity (Wildman–Crippen MR) is 71.1 cm³/mol.